The lowest BCUT2D eigenvalue weighted by Gasteiger charge is -2.32. The second-order valence-electron chi connectivity index (χ2n) is 7.51. The van der Waals surface area contributed by atoms with Gasteiger partial charge in [-0.25, -0.2) is 0 Å². The molecule has 6 heteroatoms. The number of carbonyl (C=O) groups excluding carboxylic acids is 1. The van der Waals surface area contributed by atoms with E-state index in [2.05, 4.69) is 17.2 Å². The number of amides is 1. The van der Waals surface area contributed by atoms with Gasteiger partial charge in [0.15, 0.2) is 6.61 Å². The number of fused-ring (bicyclic) bond motifs is 1. The third-order valence-corrected chi connectivity index (χ3v) is 6.12. The van der Waals surface area contributed by atoms with Crippen LogP contribution in [0, 0.1) is 6.92 Å². The number of aromatic amines is 1. The summed E-state index contributed by atoms with van der Waals surface area (Å²) in [6, 6.07) is 11.5. The van der Waals surface area contributed by atoms with Gasteiger partial charge >= 0.3 is 0 Å². The predicted molar refractivity (Wildman–Crippen MR) is 115 cm³/mol. The van der Waals surface area contributed by atoms with Crippen molar-refractivity contribution in [1.82, 2.24) is 9.88 Å². The highest BCUT2D eigenvalue weighted by Crippen LogP contribution is 2.34. The number of benzene rings is 2. The monoisotopic (exact) mass is 412 g/mol. The summed E-state index contributed by atoms with van der Waals surface area (Å²) in [6.45, 7) is 3.45. The molecule has 0 atom stereocenters. The fourth-order valence-corrected chi connectivity index (χ4v) is 4.09. The molecule has 5 nitrogen and oxygen atoms in total. The van der Waals surface area contributed by atoms with Crippen LogP contribution < -0.4 is 9.47 Å². The van der Waals surface area contributed by atoms with Crippen molar-refractivity contribution in [3.63, 3.8) is 0 Å². The van der Waals surface area contributed by atoms with Crippen LogP contribution in [0.5, 0.6) is 11.5 Å². The Morgan fingerprint density at radius 3 is 2.66 bits per heavy atom. The molecule has 0 bridgehead atoms. The van der Waals surface area contributed by atoms with Crippen molar-refractivity contribution in [2.75, 3.05) is 26.8 Å². The molecule has 29 heavy (non-hydrogen) atoms. The number of hydrogen-bond donors (Lipinski definition) is 1. The van der Waals surface area contributed by atoms with Crippen LogP contribution in [0.25, 0.3) is 10.9 Å². The number of methoxy groups -OCH3 is 1. The second-order valence-corrected chi connectivity index (χ2v) is 7.92. The molecule has 1 N–H and O–H groups in total. The zero-order valence-electron chi connectivity index (χ0n) is 16.7. The van der Waals surface area contributed by atoms with E-state index in [0.717, 1.165) is 42.8 Å². The Morgan fingerprint density at radius 1 is 1.17 bits per heavy atom. The largest absolute Gasteiger partial charge is 0.497 e. The highest BCUT2D eigenvalue weighted by Gasteiger charge is 2.25. The van der Waals surface area contributed by atoms with Crippen LogP contribution in [0.2, 0.25) is 5.02 Å². The first-order valence-corrected chi connectivity index (χ1v) is 10.2. The maximum atomic E-state index is 12.6. The predicted octanol–water partition coefficient (Wildman–Crippen LogP) is 4.92. The van der Waals surface area contributed by atoms with Crippen LogP contribution in [-0.4, -0.2) is 42.6 Å². The van der Waals surface area contributed by atoms with E-state index >= 15 is 0 Å². The van der Waals surface area contributed by atoms with E-state index in [9.17, 15) is 4.79 Å². The van der Waals surface area contributed by atoms with E-state index in [4.69, 9.17) is 21.1 Å². The van der Waals surface area contributed by atoms with Crippen LogP contribution in [0.1, 0.15) is 29.9 Å². The number of ether oxygens (including phenoxy) is 2. The fourth-order valence-electron chi connectivity index (χ4n) is 3.97. The van der Waals surface area contributed by atoms with Crippen molar-refractivity contribution < 1.29 is 14.3 Å². The molecule has 152 valence electrons. The summed E-state index contributed by atoms with van der Waals surface area (Å²) < 4.78 is 11.0. The van der Waals surface area contributed by atoms with Gasteiger partial charge in [0.1, 0.15) is 11.5 Å². The fraction of sp³-hybridized carbons (Fsp3) is 0.348. The normalized spacial score (nSPS) is 14.9. The number of halogens is 1. The summed E-state index contributed by atoms with van der Waals surface area (Å²) in [6.07, 6.45) is 3.98. The molecule has 1 saturated heterocycles. The van der Waals surface area contributed by atoms with Crippen LogP contribution in [0.3, 0.4) is 0 Å². The Morgan fingerprint density at radius 2 is 1.93 bits per heavy atom. The first-order valence-electron chi connectivity index (χ1n) is 9.87. The SMILES string of the molecule is COc1ccc2[nH]cc(C3CCN(C(=O)COc4ccc(Cl)c(C)c4)CC3)c2c1. The number of H-pyrrole nitrogens is 1. The van der Waals surface area contributed by atoms with Gasteiger partial charge in [0.05, 0.1) is 7.11 Å². The van der Waals surface area contributed by atoms with Gasteiger partial charge in [0.25, 0.3) is 5.91 Å². The molecule has 1 fully saturated rings. The van der Waals surface area contributed by atoms with E-state index < -0.39 is 0 Å². The van der Waals surface area contributed by atoms with Gasteiger partial charge in [-0.3, -0.25) is 4.79 Å². The molecule has 1 aliphatic rings. The number of aromatic nitrogens is 1. The van der Waals surface area contributed by atoms with Gasteiger partial charge in [-0.2, -0.15) is 0 Å². The molecule has 1 aliphatic heterocycles. The lowest BCUT2D eigenvalue weighted by Crippen LogP contribution is -2.40. The van der Waals surface area contributed by atoms with Gasteiger partial charge < -0.3 is 19.4 Å². The molecular weight excluding hydrogens is 388 g/mol. The highest BCUT2D eigenvalue weighted by atomic mass is 35.5. The second kappa shape index (κ2) is 8.37. The van der Waals surface area contributed by atoms with Gasteiger partial charge in [0, 0.05) is 35.2 Å². The standard InChI is InChI=1S/C23H25ClN2O3/c1-15-11-18(3-5-21(15)24)29-14-23(27)26-9-7-16(8-10-26)20-13-25-22-6-4-17(28-2)12-19(20)22/h3-6,11-13,16,25H,7-10,14H2,1-2H3. The average molecular weight is 413 g/mol. The minimum Gasteiger partial charge on any atom is -0.497 e. The molecule has 0 radical (unpaired) electrons. The molecule has 2 aromatic carbocycles. The van der Waals surface area contributed by atoms with Crippen LogP contribution in [0.4, 0.5) is 0 Å². The molecule has 3 aromatic rings. The van der Waals surface area contributed by atoms with E-state index in [1.54, 1.807) is 19.2 Å². The Balaban J connectivity index is 1.35. The lowest BCUT2D eigenvalue weighted by molar-refractivity contribution is -0.134. The number of aryl methyl sites for hydroxylation is 1. The minimum absolute atomic E-state index is 0.0247. The Bertz CT molecular complexity index is 1020. The number of carbonyl (C=O) groups is 1. The number of hydrogen-bond acceptors (Lipinski definition) is 3. The molecule has 2 heterocycles. The Hall–Kier alpha value is -2.66. The summed E-state index contributed by atoms with van der Waals surface area (Å²) in [7, 11) is 1.69. The van der Waals surface area contributed by atoms with Crippen molar-refractivity contribution in [2.45, 2.75) is 25.7 Å². The number of piperidine rings is 1. The first kappa shape index (κ1) is 19.6. The summed E-state index contributed by atoms with van der Waals surface area (Å²) in [4.78, 5) is 17.8. The molecular formula is C23H25ClN2O3. The summed E-state index contributed by atoms with van der Waals surface area (Å²) in [5.41, 5.74) is 3.36. The quantitative estimate of drug-likeness (QED) is 0.646. The van der Waals surface area contributed by atoms with Crippen molar-refractivity contribution in [3.8, 4) is 11.5 Å². The van der Waals surface area contributed by atoms with Gasteiger partial charge in [-0.15, -0.1) is 0 Å². The summed E-state index contributed by atoms with van der Waals surface area (Å²) >= 11 is 6.03. The molecule has 0 unspecified atom stereocenters. The smallest absolute Gasteiger partial charge is 0.260 e. The zero-order chi connectivity index (χ0) is 20.4. The van der Waals surface area contributed by atoms with E-state index in [-0.39, 0.29) is 12.5 Å². The third kappa shape index (κ3) is 4.20. The molecule has 1 amide bonds. The van der Waals surface area contributed by atoms with E-state index in [0.29, 0.717) is 16.7 Å². The van der Waals surface area contributed by atoms with Crippen LogP contribution in [0.15, 0.2) is 42.6 Å². The third-order valence-electron chi connectivity index (χ3n) is 5.70. The maximum Gasteiger partial charge on any atom is 0.260 e. The highest BCUT2D eigenvalue weighted by molar-refractivity contribution is 6.31. The van der Waals surface area contributed by atoms with Crippen molar-refractivity contribution >= 4 is 28.4 Å². The molecule has 0 aliphatic carbocycles. The van der Waals surface area contributed by atoms with Crippen molar-refractivity contribution in [1.29, 1.82) is 0 Å². The molecule has 0 spiro atoms. The number of rotatable bonds is 5. The summed E-state index contributed by atoms with van der Waals surface area (Å²) in [5.74, 6) is 1.99. The first-order chi connectivity index (χ1) is 14.0. The minimum atomic E-state index is 0.0247. The molecule has 0 saturated carbocycles. The van der Waals surface area contributed by atoms with Crippen LogP contribution in [-0.2, 0) is 4.79 Å². The van der Waals surface area contributed by atoms with Gasteiger partial charge in [0.2, 0.25) is 0 Å². The number of nitrogens with zero attached hydrogens (tertiary/aromatic N) is 1. The van der Waals surface area contributed by atoms with Crippen LogP contribution >= 0.6 is 11.6 Å². The summed E-state index contributed by atoms with van der Waals surface area (Å²) in [5, 5.41) is 1.90. The van der Waals surface area contributed by atoms with E-state index in [1.165, 1.54) is 10.9 Å². The molecule has 4 rings (SSSR count). The number of likely N-dealkylation sites (tertiary alicyclic amines) is 1. The lowest BCUT2D eigenvalue weighted by atomic mass is 9.89. The molecule has 1 aromatic heterocycles. The van der Waals surface area contributed by atoms with Crippen molar-refractivity contribution in [2.24, 2.45) is 0 Å². The maximum absolute atomic E-state index is 12.6. The topological polar surface area (TPSA) is 54.6 Å². The van der Waals surface area contributed by atoms with E-state index in [1.807, 2.05) is 30.0 Å². The van der Waals surface area contributed by atoms with Crippen molar-refractivity contribution in [3.05, 3.63) is 58.7 Å². The average Bonchev–Trinajstić information content (AvgIpc) is 3.17. The Labute approximate surface area is 175 Å². The van der Waals surface area contributed by atoms with Gasteiger partial charge in [-0.05, 0) is 73.2 Å². The zero-order valence-corrected chi connectivity index (χ0v) is 17.5. The Kier molecular flexibility index (Phi) is 5.67. The number of nitrogens with one attached hydrogen (secondary N) is 1. The van der Waals surface area contributed by atoms with Gasteiger partial charge in [-0.1, -0.05) is 11.6 Å².